The summed E-state index contributed by atoms with van der Waals surface area (Å²) < 4.78 is 13.6. The molecule has 1 aliphatic heterocycles. The van der Waals surface area contributed by atoms with Gasteiger partial charge in [-0.2, -0.15) is 8.75 Å². The summed E-state index contributed by atoms with van der Waals surface area (Å²) in [6.45, 7) is 3.29. The molecule has 25 heavy (non-hydrogen) atoms. The highest BCUT2D eigenvalue weighted by molar-refractivity contribution is 7.00. The van der Waals surface area contributed by atoms with E-state index in [-0.39, 0.29) is 12.5 Å². The first kappa shape index (κ1) is 15.9. The fraction of sp³-hybridized carbons (Fsp3) is 0.312. The van der Waals surface area contributed by atoms with E-state index in [4.69, 9.17) is 4.74 Å². The van der Waals surface area contributed by atoms with Crippen molar-refractivity contribution in [3.8, 4) is 0 Å². The minimum atomic E-state index is -0.185. The van der Waals surface area contributed by atoms with Gasteiger partial charge in [0.25, 0.3) is 5.91 Å². The quantitative estimate of drug-likeness (QED) is 0.752. The van der Waals surface area contributed by atoms with Gasteiger partial charge in [-0.15, -0.1) is 0 Å². The molecule has 9 heteroatoms. The zero-order valence-electron chi connectivity index (χ0n) is 13.4. The van der Waals surface area contributed by atoms with Gasteiger partial charge in [0.05, 0.1) is 31.5 Å². The Hall–Kier alpha value is -2.65. The number of fused-ring (bicyclic) bond motifs is 1. The zero-order valence-corrected chi connectivity index (χ0v) is 14.2. The Kier molecular flexibility index (Phi) is 4.49. The molecule has 3 aromatic rings. The lowest BCUT2D eigenvalue weighted by molar-refractivity contribution is 0.0950. The number of nitrogens with one attached hydrogen (secondary N) is 1. The van der Waals surface area contributed by atoms with Gasteiger partial charge in [-0.3, -0.25) is 4.79 Å². The molecule has 0 unspecified atom stereocenters. The fourth-order valence-electron chi connectivity index (χ4n) is 2.63. The molecule has 0 radical (unpaired) electrons. The highest BCUT2D eigenvalue weighted by atomic mass is 32.1. The van der Waals surface area contributed by atoms with Crippen LogP contribution in [0.15, 0.2) is 30.5 Å². The standard InChI is InChI=1S/C16H16N6O2S/c23-16(11-1-2-12-13(9-11)21-25-20-12)18-10-14-17-4-3-15(19-14)22-5-7-24-8-6-22/h1-4,9H,5-8,10H2,(H,18,23). The number of ether oxygens (including phenoxy) is 1. The summed E-state index contributed by atoms with van der Waals surface area (Å²) in [6, 6.07) is 7.15. The van der Waals surface area contributed by atoms with Gasteiger partial charge in [-0.25, -0.2) is 9.97 Å². The number of aromatic nitrogens is 4. The molecule has 4 rings (SSSR count). The van der Waals surface area contributed by atoms with Gasteiger partial charge in [0.1, 0.15) is 22.7 Å². The highest BCUT2D eigenvalue weighted by Gasteiger charge is 2.14. The maximum absolute atomic E-state index is 12.3. The molecule has 3 heterocycles. The van der Waals surface area contributed by atoms with Crippen LogP contribution < -0.4 is 10.2 Å². The number of rotatable bonds is 4. The van der Waals surface area contributed by atoms with Gasteiger partial charge in [-0.1, -0.05) is 0 Å². The number of hydrogen-bond donors (Lipinski definition) is 1. The summed E-state index contributed by atoms with van der Waals surface area (Å²) in [6.07, 6.45) is 1.71. The summed E-state index contributed by atoms with van der Waals surface area (Å²) in [5, 5.41) is 2.85. The lowest BCUT2D eigenvalue weighted by Gasteiger charge is -2.27. The summed E-state index contributed by atoms with van der Waals surface area (Å²) in [4.78, 5) is 23.2. The Morgan fingerprint density at radius 2 is 2.04 bits per heavy atom. The Labute approximate surface area is 148 Å². The number of carbonyl (C=O) groups excluding carboxylic acids is 1. The van der Waals surface area contributed by atoms with Crippen LogP contribution in [0.2, 0.25) is 0 Å². The van der Waals surface area contributed by atoms with E-state index < -0.39 is 0 Å². The van der Waals surface area contributed by atoms with Crippen LogP contribution in [0.4, 0.5) is 5.82 Å². The number of hydrogen-bond acceptors (Lipinski definition) is 8. The monoisotopic (exact) mass is 356 g/mol. The first-order valence-corrected chi connectivity index (χ1v) is 8.68. The second kappa shape index (κ2) is 7.08. The summed E-state index contributed by atoms with van der Waals surface area (Å²) in [5.74, 6) is 1.25. The third-order valence-corrected chi connectivity index (χ3v) is 4.51. The van der Waals surface area contributed by atoms with Crippen molar-refractivity contribution in [2.75, 3.05) is 31.2 Å². The normalized spacial score (nSPS) is 14.6. The number of anilines is 1. The minimum Gasteiger partial charge on any atom is -0.378 e. The van der Waals surface area contributed by atoms with Crippen LogP contribution in [0.5, 0.6) is 0 Å². The number of morpholine rings is 1. The second-order valence-corrected chi connectivity index (χ2v) is 6.11. The molecule has 1 aliphatic rings. The Morgan fingerprint density at radius 3 is 2.92 bits per heavy atom. The van der Waals surface area contributed by atoms with Crippen LogP contribution in [-0.4, -0.2) is 50.9 Å². The van der Waals surface area contributed by atoms with Crippen molar-refractivity contribution in [1.82, 2.24) is 24.0 Å². The number of benzene rings is 1. The predicted octanol–water partition coefficient (Wildman–Crippen LogP) is 1.25. The summed E-state index contributed by atoms with van der Waals surface area (Å²) >= 11 is 1.13. The molecule has 2 aromatic heterocycles. The molecule has 0 bridgehead atoms. The van der Waals surface area contributed by atoms with E-state index in [1.807, 2.05) is 6.07 Å². The molecule has 128 valence electrons. The Bertz CT molecular complexity index is 893. The predicted molar refractivity (Wildman–Crippen MR) is 93.6 cm³/mol. The van der Waals surface area contributed by atoms with Gasteiger partial charge >= 0.3 is 0 Å². The molecule has 0 saturated carbocycles. The molecule has 1 aromatic carbocycles. The van der Waals surface area contributed by atoms with E-state index in [1.165, 1.54) is 0 Å². The Morgan fingerprint density at radius 1 is 1.20 bits per heavy atom. The number of nitrogens with zero attached hydrogens (tertiary/aromatic N) is 5. The van der Waals surface area contributed by atoms with Gasteiger partial charge in [0.2, 0.25) is 0 Å². The third kappa shape index (κ3) is 3.57. The third-order valence-electron chi connectivity index (χ3n) is 3.95. The van der Waals surface area contributed by atoms with Gasteiger partial charge in [-0.05, 0) is 24.3 Å². The lowest BCUT2D eigenvalue weighted by Crippen LogP contribution is -2.37. The average molecular weight is 356 g/mol. The summed E-state index contributed by atoms with van der Waals surface area (Å²) in [7, 11) is 0. The van der Waals surface area contributed by atoms with Crippen molar-refractivity contribution >= 4 is 34.5 Å². The van der Waals surface area contributed by atoms with E-state index >= 15 is 0 Å². The van der Waals surface area contributed by atoms with E-state index in [0.29, 0.717) is 24.6 Å². The minimum absolute atomic E-state index is 0.185. The molecule has 8 nitrogen and oxygen atoms in total. The van der Waals surface area contributed by atoms with Crippen molar-refractivity contribution in [3.05, 3.63) is 41.9 Å². The van der Waals surface area contributed by atoms with E-state index in [9.17, 15) is 4.79 Å². The van der Waals surface area contributed by atoms with Gasteiger partial charge < -0.3 is 15.0 Å². The maximum Gasteiger partial charge on any atom is 0.251 e. The van der Waals surface area contributed by atoms with E-state index in [1.54, 1.807) is 24.4 Å². The smallest absolute Gasteiger partial charge is 0.251 e. The van der Waals surface area contributed by atoms with Crippen LogP contribution in [0.3, 0.4) is 0 Å². The molecule has 0 aliphatic carbocycles. The van der Waals surface area contributed by atoms with E-state index in [2.05, 4.69) is 28.9 Å². The van der Waals surface area contributed by atoms with E-state index in [0.717, 1.165) is 41.7 Å². The average Bonchev–Trinajstić information content (AvgIpc) is 3.15. The Balaban J connectivity index is 1.42. The molecular formula is C16H16N6O2S. The first-order chi connectivity index (χ1) is 12.3. The van der Waals surface area contributed by atoms with Crippen LogP contribution in [-0.2, 0) is 11.3 Å². The number of amides is 1. The molecule has 1 amide bonds. The fourth-order valence-corrected chi connectivity index (χ4v) is 3.14. The highest BCUT2D eigenvalue weighted by Crippen LogP contribution is 2.14. The molecule has 0 spiro atoms. The number of carbonyl (C=O) groups is 1. The topological polar surface area (TPSA) is 93.1 Å². The summed E-state index contributed by atoms with van der Waals surface area (Å²) in [5.41, 5.74) is 2.07. The lowest BCUT2D eigenvalue weighted by atomic mass is 10.2. The molecule has 1 fully saturated rings. The first-order valence-electron chi connectivity index (χ1n) is 7.95. The maximum atomic E-state index is 12.3. The van der Waals surface area contributed by atoms with Crippen molar-refractivity contribution in [1.29, 1.82) is 0 Å². The van der Waals surface area contributed by atoms with Crippen molar-refractivity contribution in [2.45, 2.75) is 6.54 Å². The van der Waals surface area contributed by atoms with Crippen molar-refractivity contribution < 1.29 is 9.53 Å². The van der Waals surface area contributed by atoms with Gasteiger partial charge in [0.15, 0.2) is 0 Å². The SMILES string of the molecule is O=C(NCc1nccc(N2CCOCC2)n1)c1ccc2nsnc2c1. The largest absolute Gasteiger partial charge is 0.378 e. The van der Waals surface area contributed by atoms with Crippen LogP contribution >= 0.6 is 11.7 Å². The molecule has 1 saturated heterocycles. The molecule has 0 atom stereocenters. The van der Waals surface area contributed by atoms with Crippen molar-refractivity contribution in [2.24, 2.45) is 0 Å². The van der Waals surface area contributed by atoms with Crippen LogP contribution in [0.1, 0.15) is 16.2 Å². The van der Waals surface area contributed by atoms with Crippen LogP contribution in [0.25, 0.3) is 11.0 Å². The second-order valence-electron chi connectivity index (χ2n) is 5.58. The van der Waals surface area contributed by atoms with Gasteiger partial charge in [0, 0.05) is 24.8 Å². The zero-order chi connectivity index (χ0) is 17.1. The molecule has 1 N–H and O–H groups in total. The van der Waals surface area contributed by atoms with Crippen LogP contribution in [0, 0.1) is 0 Å². The van der Waals surface area contributed by atoms with Crippen molar-refractivity contribution in [3.63, 3.8) is 0 Å². The molecular weight excluding hydrogens is 340 g/mol.